The second-order valence-corrected chi connectivity index (χ2v) is 4.71. The first-order valence-corrected chi connectivity index (χ1v) is 7.08. The van der Waals surface area contributed by atoms with Crippen LogP contribution in [0.1, 0.15) is 12.0 Å². The molecule has 1 aromatic carbocycles. The molecule has 3 aromatic rings. The predicted molar refractivity (Wildman–Crippen MR) is 82.2 cm³/mol. The minimum Gasteiger partial charge on any atom is -0.411 e. The summed E-state index contributed by atoms with van der Waals surface area (Å²) in [7, 11) is 0. The van der Waals surface area contributed by atoms with Crippen molar-refractivity contribution in [3.05, 3.63) is 48.5 Å². The molecule has 2 aromatic heterocycles. The first-order chi connectivity index (χ1) is 10.9. The lowest BCUT2D eigenvalue weighted by Crippen LogP contribution is -2.13. The molecule has 0 atom stereocenters. The van der Waals surface area contributed by atoms with E-state index in [0.717, 1.165) is 5.56 Å². The maximum Gasteiger partial charge on any atom is 0.201 e. The summed E-state index contributed by atoms with van der Waals surface area (Å²) in [6, 6.07) is 10.1. The van der Waals surface area contributed by atoms with E-state index in [1.54, 1.807) is 6.33 Å². The van der Waals surface area contributed by atoms with E-state index in [0.29, 0.717) is 36.6 Å². The molecule has 7 nitrogen and oxygen atoms in total. The van der Waals surface area contributed by atoms with Crippen molar-refractivity contribution >= 4 is 17.0 Å². The van der Waals surface area contributed by atoms with E-state index in [-0.39, 0.29) is 6.61 Å². The highest BCUT2D eigenvalue weighted by Gasteiger charge is 2.10. The standard InChI is InChI=1S/C15H17N5O2/c21-7-4-8-22-20-11-19-13-14(17-10-18-15(13)20)16-9-12-5-2-1-3-6-12/h1-3,5-6,10-11,21H,4,7-9H2,(H,16,17,18). The van der Waals surface area contributed by atoms with Crippen molar-refractivity contribution in [2.45, 2.75) is 13.0 Å². The Morgan fingerprint density at radius 2 is 2.00 bits per heavy atom. The second kappa shape index (κ2) is 6.86. The minimum atomic E-state index is 0.0888. The number of anilines is 1. The van der Waals surface area contributed by atoms with Gasteiger partial charge in [-0.2, -0.15) is 4.73 Å². The molecule has 0 aliphatic carbocycles. The summed E-state index contributed by atoms with van der Waals surface area (Å²) in [4.78, 5) is 18.2. The number of imidazole rings is 1. The summed E-state index contributed by atoms with van der Waals surface area (Å²) in [6.45, 7) is 1.15. The fourth-order valence-corrected chi connectivity index (χ4v) is 2.05. The molecule has 0 unspecified atom stereocenters. The van der Waals surface area contributed by atoms with Crippen molar-refractivity contribution in [2.75, 3.05) is 18.5 Å². The van der Waals surface area contributed by atoms with Crippen LogP contribution in [-0.4, -0.2) is 38.0 Å². The fraction of sp³-hybridized carbons (Fsp3) is 0.267. The molecule has 7 heteroatoms. The number of benzene rings is 1. The van der Waals surface area contributed by atoms with Gasteiger partial charge in [0.25, 0.3) is 0 Å². The molecule has 114 valence electrons. The smallest absolute Gasteiger partial charge is 0.201 e. The Balaban J connectivity index is 1.76. The van der Waals surface area contributed by atoms with Gasteiger partial charge in [0.2, 0.25) is 5.65 Å². The third-order valence-corrected chi connectivity index (χ3v) is 3.14. The lowest BCUT2D eigenvalue weighted by atomic mass is 10.2. The van der Waals surface area contributed by atoms with Crippen molar-refractivity contribution in [2.24, 2.45) is 0 Å². The summed E-state index contributed by atoms with van der Waals surface area (Å²) in [5, 5.41) is 12.1. The highest BCUT2D eigenvalue weighted by atomic mass is 16.7. The lowest BCUT2D eigenvalue weighted by molar-refractivity contribution is 0.102. The van der Waals surface area contributed by atoms with Gasteiger partial charge in [0.05, 0.1) is 0 Å². The number of aliphatic hydroxyl groups is 1. The molecule has 2 heterocycles. The van der Waals surface area contributed by atoms with Gasteiger partial charge >= 0.3 is 0 Å². The molecular formula is C15H17N5O2. The van der Waals surface area contributed by atoms with E-state index < -0.39 is 0 Å². The molecule has 22 heavy (non-hydrogen) atoms. The normalized spacial score (nSPS) is 10.8. The number of rotatable bonds is 7. The monoisotopic (exact) mass is 299 g/mol. The molecule has 2 N–H and O–H groups in total. The third kappa shape index (κ3) is 3.15. The average Bonchev–Trinajstić information content (AvgIpc) is 2.98. The Hall–Kier alpha value is -2.67. The van der Waals surface area contributed by atoms with Gasteiger partial charge in [-0.3, -0.25) is 0 Å². The first-order valence-electron chi connectivity index (χ1n) is 7.08. The molecule has 0 saturated carbocycles. The van der Waals surface area contributed by atoms with Crippen LogP contribution in [0.3, 0.4) is 0 Å². The van der Waals surface area contributed by atoms with E-state index in [2.05, 4.69) is 20.3 Å². The van der Waals surface area contributed by atoms with Gasteiger partial charge in [-0.15, -0.1) is 0 Å². The molecule has 0 bridgehead atoms. The van der Waals surface area contributed by atoms with Gasteiger partial charge in [-0.05, 0) is 5.56 Å². The summed E-state index contributed by atoms with van der Waals surface area (Å²) in [6.07, 6.45) is 3.59. The number of aromatic nitrogens is 4. The van der Waals surface area contributed by atoms with Gasteiger partial charge in [0.15, 0.2) is 11.3 Å². The van der Waals surface area contributed by atoms with Crippen LogP contribution >= 0.6 is 0 Å². The maximum absolute atomic E-state index is 8.79. The van der Waals surface area contributed by atoms with E-state index >= 15 is 0 Å². The number of hydrogen-bond donors (Lipinski definition) is 2. The topological polar surface area (TPSA) is 85.1 Å². The molecule has 3 rings (SSSR count). The van der Waals surface area contributed by atoms with Crippen LogP contribution in [0.25, 0.3) is 11.2 Å². The number of hydrogen-bond acceptors (Lipinski definition) is 6. The Morgan fingerprint density at radius 1 is 1.14 bits per heavy atom. The zero-order chi connectivity index (χ0) is 15.2. The minimum absolute atomic E-state index is 0.0888. The molecule has 0 aliphatic rings. The number of fused-ring (bicyclic) bond motifs is 1. The number of nitrogens with one attached hydrogen (secondary N) is 1. The van der Waals surface area contributed by atoms with E-state index in [4.69, 9.17) is 9.94 Å². The Bertz CT molecular complexity index is 729. The van der Waals surface area contributed by atoms with Crippen LogP contribution in [0.4, 0.5) is 5.82 Å². The Morgan fingerprint density at radius 3 is 2.82 bits per heavy atom. The van der Waals surface area contributed by atoms with Crippen molar-refractivity contribution in [1.82, 2.24) is 19.7 Å². The third-order valence-electron chi connectivity index (χ3n) is 3.14. The SMILES string of the molecule is OCCCOn1cnc2c(NCc3ccccc3)ncnc21. The van der Waals surface area contributed by atoms with E-state index in [1.165, 1.54) is 11.1 Å². The largest absolute Gasteiger partial charge is 0.411 e. The molecule has 0 radical (unpaired) electrons. The zero-order valence-corrected chi connectivity index (χ0v) is 12.0. The second-order valence-electron chi connectivity index (χ2n) is 4.71. The zero-order valence-electron chi connectivity index (χ0n) is 12.0. The molecule has 0 fully saturated rings. The van der Waals surface area contributed by atoms with Crippen LogP contribution in [0.5, 0.6) is 0 Å². The van der Waals surface area contributed by atoms with Gasteiger partial charge < -0.3 is 15.3 Å². The molecule has 0 spiro atoms. The first kappa shape index (κ1) is 14.3. The molecular weight excluding hydrogens is 282 g/mol. The Kier molecular flexibility index (Phi) is 4.45. The highest BCUT2D eigenvalue weighted by molar-refractivity contribution is 5.82. The van der Waals surface area contributed by atoms with Gasteiger partial charge in [-0.1, -0.05) is 30.3 Å². The summed E-state index contributed by atoms with van der Waals surface area (Å²) >= 11 is 0. The summed E-state index contributed by atoms with van der Waals surface area (Å²) in [5.74, 6) is 0.665. The van der Waals surface area contributed by atoms with Crippen molar-refractivity contribution in [3.63, 3.8) is 0 Å². The summed E-state index contributed by atoms with van der Waals surface area (Å²) < 4.78 is 1.50. The quantitative estimate of drug-likeness (QED) is 0.639. The molecule has 0 aliphatic heterocycles. The molecule has 0 saturated heterocycles. The van der Waals surface area contributed by atoms with Crippen molar-refractivity contribution < 1.29 is 9.94 Å². The van der Waals surface area contributed by atoms with Crippen molar-refractivity contribution in [1.29, 1.82) is 0 Å². The molecule has 0 amide bonds. The highest BCUT2D eigenvalue weighted by Crippen LogP contribution is 2.17. The van der Waals surface area contributed by atoms with Crippen LogP contribution in [0.2, 0.25) is 0 Å². The predicted octanol–water partition coefficient (Wildman–Crippen LogP) is 1.25. The van der Waals surface area contributed by atoms with Crippen LogP contribution in [0, 0.1) is 0 Å². The Labute approximate surface area is 127 Å². The average molecular weight is 299 g/mol. The van der Waals surface area contributed by atoms with Gasteiger partial charge in [0, 0.05) is 19.6 Å². The van der Waals surface area contributed by atoms with Gasteiger partial charge in [0.1, 0.15) is 19.3 Å². The summed E-state index contributed by atoms with van der Waals surface area (Å²) in [5.41, 5.74) is 2.42. The van der Waals surface area contributed by atoms with E-state index in [9.17, 15) is 0 Å². The number of nitrogens with zero attached hydrogens (tertiary/aromatic N) is 4. The van der Waals surface area contributed by atoms with Crippen molar-refractivity contribution in [3.8, 4) is 0 Å². The van der Waals surface area contributed by atoms with Crippen LogP contribution < -0.4 is 10.2 Å². The van der Waals surface area contributed by atoms with Crippen LogP contribution in [0.15, 0.2) is 43.0 Å². The van der Waals surface area contributed by atoms with E-state index in [1.807, 2.05) is 30.3 Å². The number of aliphatic hydroxyl groups excluding tert-OH is 1. The van der Waals surface area contributed by atoms with Crippen LogP contribution in [-0.2, 0) is 6.54 Å². The lowest BCUT2D eigenvalue weighted by Gasteiger charge is -2.07. The fourth-order valence-electron chi connectivity index (χ4n) is 2.05. The maximum atomic E-state index is 8.79. The van der Waals surface area contributed by atoms with Gasteiger partial charge in [-0.25, -0.2) is 15.0 Å².